The number of alkyl halides is 1. The first-order chi connectivity index (χ1) is 8.61. The number of hydrogen-bond acceptors (Lipinski definition) is 3. The largest absolute Gasteiger partial charge is 0.348 e. The van der Waals surface area contributed by atoms with Crippen LogP contribution < -0.4 is 5.32 Å². The molecule has 1 unspecified atom stereocenters. The number of halogens is 1. The zero-order chi connectivity index (χ0) is 13.1. The lowest BCUT2D eigenvalue weighted by Crippen LogP contribution is -2.39. The van der Waals surface area contributed by atoms with Gasteiger partial charge in [-0.3, -0.25) is 4.79 Å². The SMILES string of the molecule is CC(C)C(CBr)NC(=O)c1cc2c(s1)CCSC2. The van der Waals surface area contributed by atoms with Crippen molar-refractivity contribution < 1.29 is 4.79 Å². The molecule has 0 aliphatic carbocycles. The lowest BCUT2D eigenvalue weighted by molar-refractivity contribution is 0.0936. The number of rotatable bonds is 4. The minimum absolute atomic E-state index is 0.0811. The molecular weight excluding hydrogens is 330 g/mol. The molecule has 2 nitrogen and oxygen atoms in total. The second-order valence-electron chi connectivity index (χ2n) is 4.84. The van der Waals surface area contributed by atoms with Gasteiger partial charge in [-0.15, -0.1) is 11.3 Å². The van der Waals surface area contributed by atoms with Gasteiger partial charge in [-0.1, -0.05) is 29.8 Å². The summed E-state index contributed by atoms with van der Waals surface area (Å²) < 4.78 is 0. The third-order valence-corrected chi connectivity index (χ3v) is 6.08. The van der Waals surface area contributed by atoms with Crippen molar-refractivity contribution in [1.29, 1.82) is 0 Å². The first kappa shape index (κ1) is 14.4. The van der Waals surface area contributed by atoms with Crippen molar-refractivity contribution in [3.05, 3.63) is 21.4 Å². The average Bonchev–Trinajstić information content (AvgIpc) is 2.79. The predicted molar refractivity (Wildman–Crippen MR) is 84.1 cm³/mol. The smallest absolute Gasteiger partial charge is 0.261 e. The van der Waals surface area contributed by atoms with Gasteiger partial charge in [0.25, 0.3) is 5.91 Å². The number of carbonyl (C=O) groups excluding carboxylic acids is 1. The van der Waals surface area contributed by atoms with Crippen LogP contribution in [0, 0.1) is 5.92 Å². The summed E-state index contributed by atoms with van der Waals surface area (Å²) >= 11 is 7.08. The summed E-state index contributed by atoms with van der Waals surface area (Å²) in [7, 11) is 0. The van der Waals surface area contributed by atoms with Crippen LogP contribution in [0.15, 0.2) is 6.07 Å². The van der Waals surface area contributed by atoms with Crippen LogP contribution in [0.1, 0.15) is 34.0 Å². The summed E-state index contributed by atoms with van der Waals surface area (Å²) in [5.41, 5.74) is 1.36. The van der Waals surface area contributed by atoms with Crippen LogP contribution in [0.4, 0.5) is 0 Å². The van der Waals surface area contributed by atoms with E-state index in [2.05, 4.69) is 41.2 Å². The maximum absolute atomic E-state index is 12.2. The molecule has 1 atom stereocenters. The highest BCUT2D eigenvalue weighted by atomic mass is 79.9. The maximum Gasteiger partial charge on any atom is 0.261 e. The van der Waals surface area contributed by atoms with Crippen molar-refractivity contribution in [3.63, 3.8) is 0 Å². The molecular formula is C13H18BrNOS2. The summed E-state index contributed by atoms with van der Waals surface area (Å²) in [6, 6.07) is 2.28. The fourth-order valence-electron chi connectivity index (χ4n) is 1.88. The maximum atomic E-state index is 12.2. The standard InChI is InChI=1S/C13H18BrNOS2/c1-8(2)10(6-14)15-13(16)12-5-9-7-17-4-3-11(9)18-12/h5,8,10H,3-4,6-7H2,1-2H3,(H,15,16). The molecule has 0 bridgehead atoms. The van der Waals surface area contributed by atoms with Gasteiger partial charge >= 0.3 is 0 Å². The Kier molecular flexibility index (Phi) is 5.15. The van der Waals surface area contributed by atoms with Gasteiger partial charge < -0.3 is 5.32 Å². The number of thiophene rings is 1. The fraction of sp³-hybridized carbons (Fsp3) is 0.615. The monoisotopic (exact) mass is 347 g/mol. The Labute approximate surface area is 125 Å². The van der Waals surface area contributed by atoms with Gasteiger partial charge in [0.15, 0.2) is 0 Å². The van der Waals surface area contributed by atoms with E-state index in [-0.39, 0.29) is 11.9 Å². The highest BCUT2D eigenvalue weighted by molar-refractivity contribution is 9.09. The van der Waals surface area contributed by atoms with E-state index in [0.29, 0.717) is 5.92 Å². The third-order valence-electron chi connectivity index (χ3n) is 3.14. The van der Waals surface area contributed by atoms with Crippen LogP contribution in [-0.2, 0) is 12.2 Å². The highest BCUT2D eigenvalue weighted by Gasteiger charge is 2.20. The zero-order valence-corrected chi connectivity index (χ0v) is 13.9. The molecule has 1 amide bonds. The van der Waals surface area contributed by atoms with Crippen molar-refractivity contribution in [2.24, 2.45) is 5.92 Å². The van der Waals surface area contributed by atoms with Gasteiger partial charge in [0.2, 0.25) is 0 Å². The number of carbonyl (C=O) groups is 1. The molecule has 1 N–H and O–H groups in total. The Hall–Kier alpha value is -0.000000000000000111. The molecule has 2 rings (SSSR count). The number of nitrogens with one attached hydrogen (secondary N) is 1. The number of amides is 1. The van der Waals surface area contributed by atoms with Gasteiger partial charge in [-0.2, -0.15) is 11.8 Å². The van der Waals surface area contributed by atoms with Gasteiger partial charge in [0.05, 0.1) is 4.88 Å². The van der Waals surface area contributed by atoms with Gasteiger partial charge in [0.1, 0.15) is 0 Å². The molecule has 100 valence electrons. The Balaban J connectivity index is 2.06. The van der Waals surface area contributed by atoms with Crippen molar-refractivity contribution >= 4 is 44.9 Å². The van der Waals surface area contributed by atoms with E-state index in [4.69, 9.17) is 0 Å². The first-order valence-corrected chi connectivity index (χ1v) is 9.27. The molecule has 0 radical (unpaired) electrons. The molecule has 0 aromatic carbocycles. The summed E-state index contributed by atoms with van der Waals surface area (Å²) in [6.07, 6.45) is 1.12. The molecule has 0 spiro atoms. The van der Waals surface area contributed by atoms with Crippen LogP contribution in [0.25, 0.3) is 0 Å². The van der Waals surface area contributed by atoms with Gasteiger partial charge in [0, 0.05) is 22.0 Å². The number of aryl methyl sites for hydroxylation is 1. The summed E-state index contributed by atoms with van der Waals surface area (Å²) in [6.45, 7) is 4.25. The summed E-state index contributed by atoms with van der Waals surface area (Å²) in [5, 5.41) is 3.91. The Morgan fingerprint density at radius 2 is 2.33 bits per heavy atom. The molecule has 5 heteroatoms. The Morgan fingerprint density at radius 1 is 1.56 bits per heavy atom. The van der Waals surface area contributed by atoms with E-state index >= 15 is 0 Å². The van der Waals surface area contributed by atoms with Crippen LogP contribution in [0.3, 0.4) is 0 Å². The number of fused-ring (bicyclic) bond motifs is 1. The second kappa shape index (κ2) is 6.44. The van der Waals surface area contributed by atoms with Crippen molar-refractivity contribution in [2.45, 2.75) is 32.1 Å². The van der Waals surface area contributed by atoms with Crippen LogP contribution >= 0.6 is 39.0 Å². The van der Waals surface area contributed by atoms with Crippen LogP contribution in [0.2, 0.25) is 0 Å². The predicted octanol–water partition coefficient (Wildman–Crippen LogP) is 3.69. The zero-order valence-electron chi connectivity index (χ0n) is 10.7. The molecule has 18 heavy (non-hydrogen) atoms. The number of thioether (sulfide) groups is 1. The van der Waals surface area contributed by atoms with Crippen LogP contribution in [-0.4, -0.2) is 23.0 Å². The van der Waals surface area contributed by atoms with Crippen molar-refractivity contribution in [2.75, 3.05) is 11.1 Å². The lowest BCUT2D eigenvalue weighted by Gasteiger charge is -2.19. The fourth-order valence-corrected chi connectivity index (χ4v) is 5.07. The van der Waals surface area contributed by atoms with E-state index in [9.17, 15) is 4.79 Å². The molecule has 0 saturated carbocycles. The minimum atomic E-state index is 0.0811. The second-order valence-corrected chi connectivity index (χ2v) is 7.73. The number of hydrogen-bond donors (Lipinski definition) is 1. The highest BCUT2D eigenvalue weighted by Crippen LogP contribution is 2.31. The summed E-state index contributed by atoms with van der Waals surface area (Å²) in [4.78, 5) is 14.5. The molecule has 2 heterocycles. The molecule has 0 saturated heterocycles. The quantitative estimate of drug-likeness (QED) is 0.841. The Morgan fingerprint density at radius 3 is 2.94 bits per heavy atom. The average molecular weight is 348 g/mol. The molecule has 0 fully saturated rings. The van der Waals surface area contributed by atoms with E-state index in [1.54, 1.807) is 11.3 Å². The first-order valence-electron chi connectivity index (χ1n) is 6.18. The lowest BCUT2D eigenvalue weighted by atomic mass is 10.1. The topological polar surface area (TPSA) is 29.1 Å². The summed E-state index contributed by atoms with van der Waals surface area (Å²) in [5.74, 6) is 2.77. The minimum Gasteiger partial charge on any atom is -0.348 e. The normalized spacial score (nSPS) is 16.4. The van der Waals surface area contributed by atoms with E-state index in [0.717, 1.165) is 22.4 Å². The molecule has 1 aromatic heterocycles. The van der Waals surface area contributed by atoms with Crippen molar-refractivity contribution in [1.82, 2.24) is 5.32 Å². The Bertz CT molecular complexity index is 407. The molecule has 1 aliphatic heterocycles. The molecule has 1 aromatic rings. The van der Waals surface area contributed by atoms with Gasteiger partial charge in [-0.25, -0.2) is 0 Å². The van der Waals surface area contributed by atoms with E-state index in [1.165, 1.54) is 16.2 Å². The molecule has 1 aliphatic rings. The van der Waals surface area contributed by atoms with E-state index in [1.807, 2.05) is 11.8 Å². The third kappa shape index (κ3) is 3.31. The van der Waals surface area contributed by atoms with Gasteiger partial charge in [-0.05, 0) is 29.7 Å². The van der Waals surface area contributed by atoms with E-state index < -0.39 is 0 Å². The van der Waals surface area contributed by atoms with Crippen LogP contribution in [0.5, 0.6) is 0 Å². The van der Waals surface area contributed by atoms with Crippen molar-refractivity contribution in [3.8, 4) is 0 Å².